The van der Waals surface area contributed by atoms with Crippen molar-refractivity contribution in [2.45, 2.75) is 32.0 Å². The number of piperazine rings is 1. The summed E-state index contributed by atoms with van der Waals surface area (Å²) in [6, 6.07) is 3.84. The molecule has 0 spiro atoms. The van der Waals surface area contributed by atoms with E-state index in [1.165, 1.54) is 0 Å². The van der Waals surface area contributed by atoms with Crippen LogP contribution >= 0.6 is 0 Å². The Morgan fingerprint density at radius 1 is 1.42 bits per heavy atom. The van der Waals surface area contributed by atoms with Gasteiger partial charge in [0.05, 0.1) is 6.04 Å². The van der Waals surface area contributed by atoms with Gasteiger partial charge in [-0.15, -0.1) is 0 Å². The highest BCUT2D eigenvalue weighted by molar-refractivity contribution is 5.83. The van der Waals surface area contributed by atoms with Crippen LogP contribution in [0.1, 0.15) is 18.9 Å². The second-order valence-corrected chi connectivity index (χ2v) is 5.14. The van der Waals surface area contributed by atoms with Crippen LogP contribution in [0.2, 0.25) is 0 Å². The van der Waals surface area contributed by atoms with Crippen LogP contribution in [-0.2, 0) is 11.3 Å². The van der Waals surface area contributed by atoms with E-state index in [0.717, 1.165) is 12.1 Å². The molecular formula is C14H21N3O2. The van der Waals surface area contributed by atoms with Gasteiger partial charge in [-0.05, 0) is 38.1 Å². The summed E-state index contributed by atoms with van der Waals surface area (Å²) >= 11 is 0. The maximum Gasteiger partial charge on any atom is 0.240 e. The third kappa shape index (κ3) is 3.11. The van der Waals surface area contributed by atoms with Crippen LogP contribution in [0.5, 0.6) is 0 Å². The summed E-state index contributed by atoms with van der Waals surface area (Å²) in [4.78, 5) is 20.4. The van der Waals surface area contributed by atoms with Crippen molar-refractivity contribution in [3.05, 3.63) is 30.1 Å². The molecule has 5 heteroatoms. The molecule has 0 bridgehead atoms. The Labute approximate surface area is 113 Å². The van der Waals surface area contributed by atoms with Crippen molar-refractivity contribution < 1.29 is 9.90 Å². The Hall–Kier alpha value is -1.46. The van der Waals surface area contributed by atoms with Gasteiger partial charge in [-0.1, -0.05) is 0 Å². The molecule has 2 atom stereocenters. The predicted molar refractivity (Wildman–Crippen MR) is 72.4 cm³/mol. The average Bonchev–Trinajstić information content (AvgIpc) is 2.41. The average molecular weight is 263 g/mol. The first-order chi connectivity index (χ1) is 9.13. The Morgan fingerprint density at radius 3 is 2.74 bits per heavy atom. The number of aliphatic hydroxyl groups is 1. The van der Waals surface area contributed by atoms with Crippen LogP contribution in [0.25, 0.3) is 0 Å². The highest BCUT2D eigenvalue weighted by Gasteiger charge is 2.36. The summed E-state index contributed by atoms with van der Waals surface area (Å²) in [5, 5.41) is 9.09. The molecule has 0 aromatic carbocycles. The van der Waals surface area contributed by atoms with Crippen molar-refractivity contribution in [1.29, 1.82) is 0 Å². The molecule has 1 amide bonds. The second-order valence-electron chi connectivity index (χ2n) is 5.14. The van der Waals surface area contributed by atoms with Crippen LogP contribution in [0.15, 0.2) is 24.5 Å². The number of aliphatic hydroxyl groups excluding tert-OH is 1. The smallest absolute Gasteiger partial charge is 0.240 e. The molecule has 0 radical (unpaired) electrons. The van der Waals surface area contributed by atoms with Gasteiger partial charge in [-0.25, -0.2) is 0 Å². The number of likely N-dealkylation sites (N-methyl/N-ethyl adjacent to an activating group) is 1. The second kappa shape index (κ2) is 6.12. The van der Waals surface area contributed by atoms with Crippen LogP contribution in [0.3, 0.4) is 0 Å². The maximum atomic E-state index is 12.5. The minimum Gasteiger partial charge on any atom is -0.396 e. The van der Waals surface area contributed by atoms with Crippen LogP contribution < -0.4 is 0 Å². The van der Waals surface area contributed by atoms with Crippen molar-refractivity contribution in [2.24, 2.45) is 0 Å². The van der Waals surface area contributed by atoms with Crippen molar-refractivity contribution >= 4 is 5.91 Å². The number of rotatable bonds is 4. The van der Waals surface area contributed by atoms with Gasteiger partial charge in [-0.3, -0.25) is 14.7 Å². The molecule has 2 heterocycles. The van der Waals surface area contributed by atoms with E-state index in [0.29, 0.717) is 13.0 Å². The predicted octanol–water partition coefficient (Wildman–Crippen LogP) is 0.495. The molecule has 1 aromatic heterocycles. The highest BCUT2D eigenvalue weighted by Crippen LogP contribution is 2.19. The number of carbonyl (C=O) groups is 1. The summed E-state index contributed by atoms with van der Waals surface area (Å²) < 4.78 is 0. The van der Waals surface area contributed by atoms with Crippen LogP contribution in [-0.4, -0.2) is 58.1 Å². The van der Waals surface area contributed by atoms with E-state index in [1.807, 2.05) is 29.0 Å². The lowest BCUT2D eigenvalue weighted by Crippen LogP contribution is -2.59. The molecule has 0 saturated carbocycles. The van der Waals surface area contributed by atoms with E-state index in [4.69, 9.17) is 5.11 Å². The number of hydrogen-bond acceptors (Lipinski definition) is 4. The lowest BCUT2D eigenvalue weighted by Gasteiger charge is -2.43. The fourth-order valence-corrected chi connectivity index (χ4v) is 2.62. The third-order valence-corrected chi connectivity index (χ3v) is 3.69. The van der Waals surface area contributed by atoms with Gasteiger partial charge in [0.1, 0.15) is 0 Å². The number of amides is 1. The zero-order valence-electron chi connectivity index (χ0n) is 11.5. The van der Waals surface area contributed by atoms with Crippen LogP contribution in [0.4, 0.5) is 0 Å². The zero-order valence-corrected chi connectivity index (χ0v) is 11.5. The molecule has 1 N–H and O–H groups in total. The first-order valence-corrected chi connectivity index (χ1v) is 6.64. The summed E-state index contributed by atoms with van der Waals surface area (Å²) in [5.41, 5.74) is 1.09. The molecule has 1 aliphatic rings. The lowest BCUT2D eigenvalue weighted by atomic mass is 10.0. The van der Waals surface area contributed by atoms with Gasteiger partial charge in [0, 0.05) is 38.1 Å². The quantitative estimate of drug-likeness (QED) is 0.859. The minimum absolute atomic E-state index is 0.0399. The van der Waals surface area contributed by atoms with Crippen molar-refractivity contribution in [2.75, 3.05) is 20.2 Å². The monoisotopic (exact) mass is 263 g/mol. The van der Waals surface area contributed by atoms with Crippen molar-refractivity contribution in [1.82, 2.24) is 14.8 Å². The molecular weight excluding hydrogens is 242 g/mol. The van der Waals surface area contributed by atoms with E-state index >= 15 is 0 Å². The largest absolute Gasteiger partial charge is 0.396 e. The summed E-state index contributed by atoms with van der Waals surface area (Å²) in [6.07, 6.45) is 3.98. The Bertz CT molecular complexity index is 424. The zero-order chi connectivity index (χ0) is 13.8. The van der Waals surface area contributed by atoms with Gasteiger partial charge in [-0.2, -0.15) is 0 Å². The van der Waals surface area contributed by atoms with E-state index in [-0.39, 0.29) is 24.6 Å². The van der Waals surface area contributed by atoms with E-state index in [2.05, 4.69) is 11.9 Å². The Morgan fingerprint density at radius 2 is 2.11 bits per heavy atom. The molecule has 1 fully saturated rings. The maximum absolute atomic E-state index is 12.5. The normalized spacial score (nSPS) is 24.8. The van der Waals surface area contributed by atoms with E-state index in [1.54, 1.807) is 12.4 Å². The highest BCUT2D eigenvalue weighted by atomic mass is 16.3. The van der Waals surface area contributed by atoms with Crippen molar-refractivity contribution in [3.8, 4) is 0 Å². The summed E-state index contributed by atoms with van der Waals surface area (Å²) in [7, 11) is 1.94. The summed E-state index contributed by atoms with van der Waals surface area (Å²) in [6.45, 7) is 3.54. The minimum atomic E-state index is -0.206. The first-order valence-electron chi connectivity index (χ1n) is 6.64. The van der Waals surface area contributed by atoms with E-state index < -0.39 is 0 Å². The van der Waals surface area contributed by atoms with Gasteiger partial charge in [0.2, 0.25) is 5.91 Å². The van der Waals surface area contributed by atoms with Gasteiger partial charge < -0.3 is 10.0 Å². The number of hydrogen-bond donors (Lipinski definition) is 1. The molecule has 1 aliphatic heterocycles. The molecule has 1 saturated heterocycles. The van der Waals surface area contributed by atoms with E-state index in [9.17, 15) is 4.79 Å². The molecule has 19 heavy (non-hydrogen) atoms. The molecule has 5 nitrogen and oxygen atoms in total. The Balaban J connectivity index is 2.12. The SMILES string of the molecule is CC1CN(C)C(CCO)C(=O)N1Cc1ccncc1. The molecule has 104 valence electrons. The Kier molecular flexibility index (Phi) is 4.50. The van der Waals surface area contributed by atoms with Gasteiger partial charge in [0.25, 0.3) is 0 Å². The van der Waals surface area contributed by atoms with Crippen molar-refractivity contribution in [3.63, 3.8) is 0 Å². The van der Waals surface area contributed by atoms with Gasteiger partial charge in [0.15, 0.2) is 0 Å². The van der Waals surface area contributed by atoms with Crippen LogP contribution in [0, 0.1) is 0 Å². The molecule has 0 aliphatic carbocycles. The number of aromatic nitrogens is 1. The lowest BCUT2D eigenvalue weighted by molar-refractivity contribution is -0.146. The number of carbonyl (C=O) groups excluding carboxylic acids is 1. The fourth-order valence-electron chi connectivity index (χ4n) is 2.62. The summed E-state index contributed by atoms with van der Waals surface area (Å²) in [5.74, 6) is 0.104. The van der Waals surface area contributed by atoms with Gasteiger partial charge >= 0.3 is 0 Å². The fraction of sp³-hybridized carbons (Fsp3) is 0.571. The number of nitrogens with zero attached hydrogens (tertiary/aromatic N) is 3. The standard InChI is InChI=1S/C14H21N3O2/c1-11-9-16(2)13(5-8-18)14(19)17(11)10-12-3-6-15-7-4-12/h3-4,6-7,11,13,18H,5,8-10H2,1-2H3. The first kappa shape index (κ1) is 14.0. The molecule has 2 unspecified atom stereocenters. The molecule has 2 rings (SSSR count). The topological polar surface area (TPSA) is 56.7 Å². The third-order valence-electron chi connectivity index (χ3n) is 3.69. The molecule has 1 aromatic rings. The number of pyridine rings is 1.